The van der Waals surface area contributed by atoms with Crippen molar-refractivity contribution in [1.82, 2.24) is 4.90 Å². The SMILES string of the molecule is COCCN1C(=O)C(=O)C(=C(O)c2ccc3c(c2)CC(C)O3)C1c1ccc(OCc2ccccc2)cc1. The number of carbonyl (C=O) groups is 2. The smallest absolute Gasteiger partial charge is 0.295 e. The number of Topliss-reactive ketones (excluding diaryl/α,β-unsaturated/α-hetero) is 1. The zero-order valence-electron chi connectivity index (χ0n) is 20.8. The van der Waals surface area contributed by atoms with Gasteiger partial charge >= 0.3 is 0 Å². The van der Waals surface area contributed by atoms with E-state index in [9.17, 15) is 14.7 Å². The van der Waals surface area contributed by atoms with Crippen LogP contribution in [0.15, 0.2) is 78.4 Å². The van der Waals surface area contributed by atoms with Crippen LogP contribution < -0.4 is 9.47 Å². The van der Waals surface area contributed by atoms with Gasteiger partial charge in [0.1, 0.15) is 30.0 Å². The molecular weight excluding hydrogens is 470 g/mol. The number of benzene rings is 3. The minimum Gasteiger partial charge on any atom is -0.507 e. The minimum atomic E-state index is -0.748. The lowest BCUT2D eigenvalue weighted by Crippen LogP contribution is -2.32. The van der Waals surface area contributed by atoms with E-state index in [0.29, 0.717) is 29.9 Å². The predicted octanol–water partition coefficient (Wildman–Crippen LogP) is 4.66. The highest BCUT2D eigenvalue weighted by Gasteiger charge is 2.46. The van der Waals surface area contributed by atoms with Crippen molar-refractivity contribution in [2.75, 3.05) is 20.3 Å². The molecule has 0 radical (unpaired) electrons. The summed E-state index contributed by atoms with van der Waals surface area (Å²) in [6.07, 6.45) is 0.765. The lowest BCUT2D eigenvalue weighted by Gasteiger charge is -2.25. The van der Waals surface area contributed by atoms with E-state index in [1.54, 1.807) is 12.1 Å². The highest BCUT2D eigenvalue weighted by atomic mass is 16.5. The minimum absolute atomic E-state index is 0.0506. The Morgan fingerprint density at radius 3 is 2.54 bits per heavy atom. The maximum absolute atomic E-state index is 13.2. The van der Waals surface area contributed by atoms with E-state index < -0.39 is 17.7 Å². The first kappa shape index (κ1) is 24.6. The standard InChI is InChI=1S/C30H29NO6/c1-19-16-23-17-22(10-13-25(23)37-19)28(32)26-27(31(14-15-35-2)30(34)29(26)33)21-8-11-24(12-9-21)36-18-20-6-4-3-5-7-20/h3-13,17,19,27,32H,14-16,18H2,1-2H3. The van der Waals surface area contributed by atoms with E-state index in [0.717, 1.165) is 16.9 Å². The van der Waals surface area contributed by atoms with Crippen molar-refractivity contribution in [3.63, 3.8) is 0 Å². The van der Waals surface area contributed by atoms with Crippen LogP contribution in [0, 0.1) is 0 Å². The fourth-order valence-electron chi connectivity index (χ4n) is 4.86. The molecule has 2 aliphatic heterocycles. The molecule has 0 spiro atoms. The number of aliphatic hydroxyl groups is 1. The molecule has 1 amide bonds. The number of rotatable bonds is 8. The maximum atomic E-state index is 13.2. The molecular formula is C30H29NO6. The van der Waals surface area contributed by atoms with Crippen LogP contribution in [0.5, 0.6) is 11.5 Å². The molecule has 0 saturated carbocycles. The molecule has 1 N–H and O–H groups in total. The second-order valence-electron chi connectivity index (χ2n) is 9.28. The molecule has 3 aromatic rings. The zero-order chi connectivity index (χ0) is 25.9. The Hall–Kier alpha value is -4.10. The number of hydrogen-bond donors (Lipinski definition) is 1. The van der Waals surface area contributed by atoms with Crippen LogP contribution in [-0.4, -0.2) is 48.1 Å². The van der Waals surface area contributed by atoms with Crippen molar-refractivity contribution in [2.45, 2.75) is 32.1 Å². The van der Waals surface area contributed by atoms with Crippen LogP contribution in [0.25, 0.3) is 5.76 Å². The number of methoxy groups -OCH3 is 1. The van der Waals surface area contributed by atoms with E-state index in [1.165, 1.54) is 12.0 Å². The summed E-state index contributed by atoms with van der Waals surface area (Å²) < 4.78 is 16.8. The first-order valence-corrected chi connectivity index (χ1v) is 12.3. The Bertz CT molecular complexity index is 1330. The van der Waals surface area contributed by atoms with E-state index in [2.05, 4.69) is 0 Å². The molecule has 190 valence electrons. The number of aliphatic hydroxyl groups excluding tert-OH is 1. The van der Waals surface area contributed by atoms with Crippen molar-refractivity contribution in [2.24, 2.45) is 0 Å². The quantitative estimate of drug-likeness (QED) is 0.276. The van der Waals surface area contributed by atoms with E-state index in [4.69, 9.17) is 14.2 Å². The molecule has 1 fully saturated rings. The third kappa shape index (κ3) is 4.95. The van der Waals surface area contributed by atoms with Crippen LogP contribution in [0.3, 0.4) is 0 Å². The number of carbonyl (C=O) groups excluding carboxylic acids is 2. The molecule has 5 rings (SSSR count). The summed E-state index contributed by atoms with van der Waals surface area (Å²) in [7, 11) is 1.54. The third-order valence-electron chi connectivity index (χ3n) is 6.69. The second-order valence-corrected chi connectivity index (χ2v) is 9.28. The van der Waals surface area contributed by atoms with Crippen molar-refractivity contribution in [3.05, 3.63) is 101 Å². The number of ketones is 1. The molecule has 3 aromatic carbocycles. The van der Waals surface area contributed by atoms with Gasteiger partial charge in [0.05, 0.1) is 18.2 Å². The Kier molecular flexibility index (Phi) is 6.97. The fourth-order valence-corrected chi connectivity index (χ4v) is 4.86. The molecule has 7 nitrogen and oxygen atoms in total. The molecule has 2 atom stereocenters. The van der Waals surface area contributed by atoms with Gasteiger partial charge in [0.15, 0.2) is 0 Å². The number of ether oxygens (including phenoxy) is 3. The monoisotopic (exact) mass is 499 g/mol. The van der Waals surface area contributed by atoms with E-state index in [1.807, 2.05) is 67.6 Å². The van der Waals surface area contributed by atoms with E-state index >= 15 is 0 Å². The van der Waals surface area contributed by atoms with Gasteiger partial charge in [-0.3, -0.25) is 9.59 Å². The third-order valence-corrected chi connectivity index (χ3v) is 6.69. The summed E-state index contributed by atoms with van der Waals surface area (Å²) in [6.45, 7) is 2.88. The van der Waals surface area contributed by atoms with Crippen LogP contribution in [0.1, 0.15) is 35.2 Å². The zero-order valence-corrected chi connectivity index (χ0v) is 20.8. The first-order chi connectivity index (χ1) is 18.0. The van der Waals surface area contributed by atoms with Crippen molar-refractivity contribution in [1.29, 1.82) is 0 Å². The average Bonchev–Trinajstić information content (AvgIpc) is 3.42. The highest BCUT2D eigenvalue weighted by molar-refractivity contribution is 6.46. The van der Waals surface area contributed by atoms with Crippen LogP contribution >= 0.6 is 0 Å². The van der Waals surface area contributed by atoms with Crippen molar-refractivity contribution < 1.29 is 28.9 Å². The molecule has 0 aromatic heterocycles. The Morgan fingerprint density at radius 1 is 1.05 bits per heavy atom. The van der Waals surface area contributed by atoms with Gasteiger partial charge in [-0.05, 0) is 53.9 Å². The summed E-state index contributed by atoms with van der Waals surface area (Å²) in [5.74, 6) is -0.143. The Labute approximate surface area is 215 Å². The van der Waals surface area contributed by atoms with Crippen LogP contribution in [0.4, 0.5) is 0 Å². The lowest BCUT2D eigenvalue weighted by atomic mass is 9.94. The second kappa shape index (κ2) is 10.5. The predicted molar refractivity (Wildman–Crippen MR) is 138 cm³/mol. The van der Waals surface area contributed by atoms with Gasteiger partial charge in [0.2, 0.25) is 0 Å². The van der Waals surface area contributed by atoms with Gasteiger partial charge in [0, 0.05) is 25.6 Å². The molecule has 37 heavy (non-hydrogen) atoms. The summed E-state index contributed by atoms with van der Waals surface area (Å²) in [5, 5.41) is 11.3. The summed E-state index contributed by atoms with van der Waals surface area (Å²) >= 11 is 0. The first-order valence-electron chi connectivity index (χ1n) is 12.3. The lowest BCUT2D eigenvalue weighted by molar-refractivity contribution is -0.140. The van der Waals surface area contributed by atoms with Gasteiger partial charge in [-0.25, -0.2) is 0 Å². The van der Waals surface area contributed by atoms with Crippen molar-refractivity contribution >= 4 is 17.4 Å². The summed E-state index contributed by atoms with van der Waals surface area (Å²) in [4.78, 5) is 27.7. The average molecular weight is 500 g/mol. The van der Waals surface area contributed by atoms with Gasteiger partial charge in [-0.15, -0.1) is 0 Å². The van der Waals surface area contributed by atoms with Gasteiger partial charge < -0.3 is 24.2 Å². The van der Waals surface area contributed by atoms with Crippen LogP contribution in [0.2, 0.25) is 0 Å². The molecule has 2 unspecified atom stereocenters. The van der Waals surface area contributed by atoms with Crippen molar-refractivity contribution in [3.8, 4) is 11.5 Å². The molecule has 2 heterocycles. The Balaban J connectivity index is 1.48. The number of fused-ring (bicyclic) bond motifs is 1. The van der Waals surface area contributed by atoms with Gasteiger partial charge in [-0.2, -0.15) is 0 Å². The molecule has 0 aliphatic carbocycles. The van der Waals surface area contributed by atoms with Gasteiger partial charge in [0.25, 0.3) is 11.7 Å². The molecule has 2 aliphatic rings. The fraction of sp³-hybridized carbons (Fsp3) is 0.267. The number of nitrogens with zero attached hydrogens (tertiary/aromatic N) is 1. The number of amides is 1. The topological polar surface area (TPSA) is 85.3 Å². The van der Waals surface area contributed by atoms with Crippen LogP contribution in [-0.2, 0) is 27.4 Å². The summed E-state index contributed by atoms with van der Waals surface area (Å²) in [5.41, 5.74) is 3.25. The van der Waals surface area contributed by atoms with Gasteiger partial charge in [-0.1, -0.05) is 42.5 Å². The largest absolute Gasteiger partial charge is 0.507 e. The highest BCUT2D eigenvalue weighted by Crippen LogP contribution is 2.40. The normalized spacial score (nSPS) is 20.1. The molecule has 0 bridgehead atoms. The number of hydrogen-bond acceptors (Lipinski definition) is 6. The maximum Gasteiger partial charge on any atom is 0.295 e. The summed E-state index contributed by atoms with van der Waals surface area (Å²) in [6, 6.07) is 21.7. The Morgan fingerprint density at radius 2 is 1.81 bits per heavy atom. The number of likely N-dealkylation sites (tertiary alicyclic amines) is 1. The molecule has 1 saturated heterocycles. The van der Waals surface area contributed by atoms with E-state index in [-0.39, 0.29) is 30.6 Å². The molecule has 7 heteroatoms.